The average Bonchev–Trinajstić information content (AvgIpc) is 3.21. The maximum Gasteiger partial charge on any atom is 0.252 e. The van der Waals surface area contributed by atoms with Crippen molar-refractivity contribution < 1.29 is 9.59 Å². The van der Waals surface area contributed by atoms with Crippen LogP contribution in [0.25, 0.3) is 0 Å². The highest BCUT2D eigenvalue weighted by atomic mass is 35.5. The molecule has 0 unspecified atom stereocenters. The van der Waals surface area contributed by atoms with Crippen LogP contribution >= 0.6 is 23.4 Å². The molecule has 0 aliphatic heterocycles. The van der Waals surface area contributed by atoms with Crippen LogP contribution in [0.5, 0.6) is 0 Å². The molecule has 34 heavy (non-hydrogen) atoms. The van der Waals surface area contributed by atoms with Crippen molar-refractivity contribution in [2.24, 2.45) is 5.92 Å². The van der Waals surface area contributed by atoms with Gasteiger partial charge in [0.15, 0.2) is 11.0 Å². The van der Waals surface area contributed by atoms with E-state index in [0.29, 0.717) is 33.8 Å². The molecule has 1 heterocycles. The Morgan fingerprint density at radius 1 is 1.09 bits per heavy atom. The van der Waals surface area contributed by atoms with Crippen molar-refractivity contribution in [1.82, 2.24) is 20.1 Å². The number of nitrogens with one attached hydrogen (secondary N) is 2. The Hall–Kier alpha value is -2.84. The van der Waals surface area contributed by atoms with Gasteiger partial charge in [0.25, 0.3) is 5.91 Å². The molecule has 0 bridgehead atoms. The summed E-state index contributed by atoms with van der Waals surface area (Å²) in [5.41, 5.74) is 3.06. The molecule has 1 aromatic heterocycles. The number of nitrogens with zero attached hydrogens (tertiary/aromatic N) is 3. The molecule has 0 spiro atoms. The molecular formula is C25H30ClN5O2S. The highest BCUT2D eigenvalue weighted by molar-refractivity contribution is 7.99. The van der Waals surface area contributed by atoms with E-state index >= 15 is 0 Å². The SMILES string of the molecule is CCn1c(SCC(=O)Nc2cccc(Cl)c2C)nnc1[C@H](NC(=O)c1ccccc1C)C(C)C. The highest BCUT2D eigenvalue weighted by Gasteiger charge is 2.26. The first kappa shape index (κ1) is 25.8. The van der Waals surface area contributed by atoms with Crippen LogP contribution in [0, 0.1) is 19.8 Å². The predicted octanol–water partition coefficient (Wildman–Crippen LogP) is 5.43. The number of hydrogen-bond acceptors (Lipinski definition) is 5. The minimum atomic E-state index is -0.322. The Kier molecular flexibility index (Phi) is 8.74. The molecule has 7 nitrogen and oxygen atoms in total. The van der Waals surface area contributed by atoms with E-state index in [0.717, 1.165) is 11.1 Å². The molecule has 9 heteroatoms. The number of anilines is 1. The summed E-state index contributed by atoms with van der Waals surface area (Å²) in [6.07, 6.45) is 0. The minimum absolute atomic E-state index is 0.0921. The summed E-state index contributed by atoms with van der Waals surface area (Å²) in [6, 6.07) is 12.6. The van der Waals surface area contributed by atoms with Gasteiger partial charge in [-0.25, -0.2) is 0 Å². The number of aryl methyl sites for hydroxylation is 1. The van der Waals surface area contributed by atoms with Gasteiger partial charge in [-0.3, -0.25) is 9.59 Å². The summed E-state index contributed by atoms with van der Waals surface area (Å²) in [5.74, 6) is 0.637. The summed E-state index contributed by atoms with van der Waals surface area (Å²) in [4.78, 5) is 25.5. The van der Waals surface area contributed by atoms with E-state index in [1.165, 1.54) is 11.8 Å². The van der Waals surface area contributed by atoms with E-state index in [9.17, 15) is 9.59 Å². The molecule has 0 saturated heterocycles. The molecule has 2 aromatic carbocycles. The van der Waals surface area contributed by atoms with Crippen LogP contribution in [0.2, 0.25) is 5.02 Å². The van der Waals surface area contributed by atoms with Gasteiger partial charge < -0.3 is 15.2 Å². The van der Waals surface area contributed by atoms with E-state index < -0.39 is 0 Å². The van der Waals surface area contributed by atoms with E-state index in [-0.39, 0.29) is 29.5 Å². The Balaban J connectivity index is 1.73. The normalized spacial score (nSPS) is 12.0. The number of carbonyl (C=O) groups is 2. The number of hydrogen-bond donors (Lipinski definition) is 2. The number of halogens is 1. The Labute approximate surface area is 209 Å². The Morgan fingerprint density at radius 3 is 2.50 bits per heavy atom. The van der Waals surface area contributed by atoms with Crippen LogP contribution in [0.15, 0.2) is 47.6 Å². The lowest BCUT2D eigenvalue weighted by Gasteiger charge is -2.23. The third kappa shape index (κ3) is 5.98. The summed E-state index contributed by atoms with van der Waals surface area (Å²) in [5, 5.41) is 16.0. The van der Waals surface area contributed by atoms with Crippen molar-refractivity contribution in [2.75, 3.05) is 11.1 Å². The van der Waals surface area contributed by atoms with Gasteiger partial charge in [0.05, 0.1) is 11.8 Å². The number of aromatic nitrogens is 3. The van der Waals surface area contributed by atoms with Crippen LogP contribution in [0.3, 0.4) is 0 Å². The highest BCUT2D eigenvalue weighted by Crippen LogP contribution is 2.27. The van der Waals surface area contributed by atoms with Crippen molar-refractivity contribution >= 4 is 40.9 Å². The maximum atomic E-state index is 13.0. The lowest BCUT2D eigenvalue weighted by molar-refractivity contribution is -0.113. The number of benzene rings is 2. The summed E-state index contributed by atoms with van der Waals surface area (Å²) in [7, 11) is 0. The molecule has 3 rings (SSSR count). The second-order valence-corrected chi connectivity index (χ2v) is 9.69. The fourth-order valence-corrected chi connectivity index (χ4v) is 4.55. The van der Waals surface area contributed by atoms with Gasteiger partial charge >= 0.3 is 0 Å². The van der Waals surface area contributed by atoms with Crippen molar-refractivity contribution in [2.45, 2.75) is 52.4 Å². The van der Waals surface area contributed by atoms with Crippen LogP contribution in [0.1, 0.15) is 54.1 Å². The fraction of sp³-hybridized carbons (Fsp3) is 0.360. The molecule has 0 aliphatic rings. The van der Waals surface area contributed by atoms with Gasteiger partial charge in [-0.1, -0.05) is 61.5 Å². The van der Waals surface area contributed by atoms with Crippen molar-refractivity contribution in [1.29, 1.82) is 0 Å². The topological polar surface area (TPSA) is 88.9 Å². The molecule has 0 aliphatic carbocycles. The van der Waals surface area contributed by atoms with E-state index in [1.54, 1.807) is 12.1 Å². The summed E-state index contributed by atoms with van der Waals surface area (Å²) < 4.78 is 1.95. The van der Waals surface area contributed by atoms with Crippen molar-refractivity contribution in [3.63, 3.8) is 0 Å². The first-order valence-electron chi connectivity index (χ1n) is 11.2. The minimum Gasteiger partial charge on any atom is -0.342 e. The molecule has 0 radical (unpaired) electrons. The molecule has 0 saturated carbocycles. The third-order valence-corrected chi connectivity index (χ3v) is 6.93. The molecular weight excluding hydrogens is 470 g/mol. The van der Waals surface area contributed by atoms with Crippen LogP contribution in [-0.2, 0) is 11.3 Å². The molecule has 2 amide bonds. The fourth-order valence-electron chi connectivity index (χ4n) is 3.57. The maximum absolute atomic E-state index is 13.0. The zero-order valence-electron chi connectivity index (χ0n) is 20.1. The lowest BCUT2D eigenvalue weighted by Crippen LogP contribution is -2.34. The average molecular weight is 500 g/mol. The summed E-state index contributed by atoms with van der Waals surface area (Å²) >= 11 is 7.45. The zero-order chi connectivity index (χ0) is 24.8. The Bertz CT molecular complexity index is 1180. The van der Waals surface area contributed by atoms with Crippen LogP contribution in [0.4, 0.5) is 5.69 Å². The van der Waals surface area contributed by atoms with E-state index in [2.05, 4.69) is 20.8 Å². The number of amides is 2. The van der Waals surface area contributed by atoms with Gasteiger partial charge in [0.2, 0.25) is 5.91 Å². The third-order valence-electron chi connectivity index (χ3n) is 5.56. The summed E-state index contributed by atoms with van der Waals surface area (Å²) in [6.45, 7) is 10.5. The lowest BCUT2D eigenvalue weighted by atomic mass is 10.0. The Morgan fingerprint density at radius 2 is 1.82 bits per heavy atom. The number of rotatable bonds is 9. The van der Waals surface area contributed by atoms with Gasteiger partial charge in [-0.2, -0.15) is 0 Å². The number of thioether (sulfide) groups is 1. The first-order valence-corrected chi connectivity index (χ1v) is 12.6. The van der Waals surface area contributed by atoms with Crippen molar-refractivity contribution in [3.8, 4) is 0 Å². The number of carbonyl (C=O) groups excluding carboxylic acids is 2. The van der Waals surface area contributed by atoms with Gasteiger partial charge in [-0.15, -0.1) is 10.2 Å². The second kappa shape index (κ2) is 11.5. The second-order valence-electron chi connectivity index (χ2n) is 8.34. The molecule has 2 N–H and O–H groups in total. The largest absolute Gasteiger partial charge is 0.342 e. The molecule has 180 valence electrons. The van der Waals surface area contributed by atoms with Crippen LogP contribution < -0.4 is 10.6 Å². The molecule has 3 aromatic rings. The van der Waals surface area contributed by atoms with E-state index in [1.807, 2.05) is 69.5 Å². The van der Waals surface area contributed by atoms with Crippen molar-refractivity contribution in [3.05, 3.63) is 70.0 Å². The van der Waals surface area contributed by atoms with Gasteiger partial charge in [-0.05, 0) is 56.0 Å². The van der Waals surface area contributed by atoms with Crippen LogP contribution in [-0.4, -0.2) is 32.3 Å². The molecule has 0 fully saturated rings. The van der Waals surface area contributed by atoms with Gasteiger partial charge in [0.1, 0.15) is 0 Å². The smallest absolute Gasteiger partial charge is 0.252 e. The quantitative estimate of drug-likeness (QED) is 0.383. The molecule has 1 atom stereocenters. The standard InChI is InChI=1S/C25H30ClN5O2S/c1-6-31-23(22(15(2)3)28-24(33)18-11-8-7-10-16(18)4)29-30-25(31)34-14-21(32)27-20-13-9-12-19(26)17(20)5/h7-13,15,22H,6,14H2,1-5H3,(H,27,32)(H,28,33)/t22-/m1/s1. The monoisotopic (exact) mass is 499 g/mol. The van der Waals surface area contributed by atoms with Gasteiger partial charge in [0, 0.05) is 22.8 Å². The first-order chi connectivity index (χ1) is 16.2. The zero-order valence-corrected chi connectivity index (χ0v) is 21.6. The van der Waals surface area contributed by atoms with E-state index in [4.69, 9.17) is 11.6 Å². The predicted molar refractivity (Wildman–Crippen MR) is 137 cm³/mol.